The van der Waals surface area contributed by atoms with Gasteiger partial charge in [0, 0.05) is 0 Å². The number of rotatable bonds is 2. The third-order valence-corrected chi connectivity index (χ3v) is 2.67. The summed E-state index contributed by atoms with van der Waals surface area (Å²) in [4.78, 5) is 0. The Bertz CT molecular complexity index is 230. The summed E-state index contributed by atoms with van der Waals surface area (Å²) >= 11 is 0. The van der Waals surface area contributed by atoms with E-state index in [0.29, 0.717) is 11.8 Å². The van der Waals surface area contributed by atoms with Crippen molar-refractivity contribution < 1.29 is 0 Å². The first kappa shape index (κ1) is 9.31. The van der Waals surface area contributed by atoms with Crippen molar-refractivity contribution in [3.8, 4) is 0 Å². The Morgan fingerprint density at radius 3 is 2.33 bits per heavy atom. The van der Waals surface area contributed by atoms with Crippen molar-refractivity contribution in [2.75, 3.05) is 0 Å². The van der Waals surface area contributed by atoms with Crippen LogP contribution < -0.4 is 0 Å². The van der Waals surface area contributed by atoms with Gasteiger partial charge in [0.1, 0.15) is 0 Å². The second-order valence-electron chi connectivity index (χ2n) is 3.65. The number of hydrogen-bond acceptors (Lipinski definition) is 0. The van der Waals surface area contributed by atoms with E-state index >= 15 is 0 Å². The SMILES string of the molecule is C=CC1=C(/C=C\C)C(C)CC1C. The van der Waals surface area contributed by atoms with Crippen molar-refractivity contribution in [3.63, 3.8) is 0 Å². The first-order valence-electron chi connectivity index (χ1n) is 4.69. The van der Waals surface area contributed by atoms with E-state index in [4.69, 9.17) is 0 Å². The molecule has 0 aromatic rings. The second-order valence-corrected chi connectivity index (χ2v) is 3.65. The Kier molecular flexibility index (Phi) is 2.91. The molecule has 0 amide bonds. The van der Waals surface area contributed by atoms with Crippen LogP contribution in [0, 0.1) is 11.8 Å². The van der Waals surface area contributed by atoms with E-state index in [0.717, 1.165) is 0 Å². The molecule has 12 heavy (non-hydrogen) atoms. The van der Waals surface area contributed by atoms with E-state index in [1.54, 1.807) is 0 Å². The Morgan fingerprint density at radius 2 is 1.83 bits per heavy atom. The Labute approximate surface area is 75.7 Å². The Morgan fingerprint density at radius 1 is 1.25 bits per heavy atom. The minimum Gasteiger partial charge on any atom is -0.0988 e. The molecule has 0 heterocycles. The van der Waals surface area contributed by atoms with Gasteiger partial charge in [0.2, 0.25) is 0 Å². The van der Waals surface area contributed by atoms with Gasteiger partial charge in [0.25, 0.3) is 0 Å². The number of hydrogen-bond donors (Lipinski definition) is 0. The smallest absolute Gasteiger partial charge is 0.0182 e. The van der Waals surface area contributed by atoms with E-state index in [2.05, 4.69) is 39.5 Å². The molecule has 0 aromatic heterocycles. The summed E-state index contributed by atoms with van der Waals surface area (Å²) in [6.07, 6.45) is 7.64. The van der Waals surface area contributed by atoms with Crippen molar-refractivity contribution >= 4 is 0 Å². The highest BCUT2D eigenvalue weighted by Crippen LogP contribution is 2.37. The highest BCUT2D eigenvalue weighted by atomic mass is 14.3. The third-order valence-electron chi connectivity index (χ3n) is 2.67. The van der Waals surface area contributed by atoms with Crippen LogP contribution in [-0.4, -0.2) is 0 Å². The van der Waals surface area contributed by atoms with E-state index in [9.17, 15) is 0 Å². The van der Waals surface area contributed by atoms with Crippen molar-refractivity contribution in [1.29, 1.82) is 0 Å². The molecule has 1 rings (SSSR count). The van der Waals surface area contributed by atoms with Crippen LogP contribution in [0.15, 0.2) is 36.0 Å². The summed E-state index contributed by atoms with van der Waals surface area (Å²) in [5, 5.41) is 0. The summed E-state index contributed by atoms with van der Waals surface area (Å²) < 4.78 is 0. The molecule has 0 heteroatoms. The van der Waals surface area contributed by atoms with Gasteiger partial charge in [0.15, 0.2) is 0 Å². The average molecular weight is 162 g/mol. The molecule has 0 aromatic carbocycles. The van der Waals surface area contributed by atoms with Crippen LogP contribution in [0.25, 0.3) is 0 Å². The van der Waals surface area contributed by atoms with Gasteiger partial charge in [-0.25, -0.2) is 0 Å². The van der Waals surface area contributed by atoms with Crippen molar-refractivity contribution in [2.24, 2.45) is 11.8 Å². The predicted octanol–water partition coefficient (Wildman–Crippen LogP) is 3.72. The molecule has 0 saturated carbocycles. The summed E-state index contributed by atoms with van der Waals surface area (Å²) in [5.74, 6) is 1.41. The first-order valence-corrected chi connectivity index (χ1v) is 4.69. The topological polar surface area (TPSA) is 0 Å². The van der Waals surface area contributed by atoms with Gasteiger partial charge in [-0.15, -0.1) is 0 Å². The lowest BCUT2D eigenvalue weighted by Crippen LogP contribution is -1.91. The van der Waals surface area contributed by atoms with Gasteiger partial charge < -0.3 is 0 Å². The Balaban J connectivity index is 3.00. The first-order chi connectivity index (χ1) is 5.70. The molecule has 66 valence electrons. The number of allylic oxidation sites excluding steroid dienone is 5. The molecule has 0 saturated heterocycles. The van der Waals surface area contributed by atoms with Crippen LogP contribution >= 0.6 is 0 Å². The lowest BCUT2D eigenvalue weighted by Gasteiger charge is -2.02. The van der Waals surface area contributed by atoms with E-state index in [-0.39, 0.29) is 0 Å². The molecule has 0 bridgehead atoms. The van der Waals surface area contributed by atoms with Crippen LogP contribution in [0.1, 0.15) is 27.2 Å². The second kappa shape index (κ2) is 3.75. The summed E-state index contributed by atoms with van der Waals surface area (Å²) in [7, 11) is 0. The van der Waals surface area contributed by atoms with E-state index in [1.165, 1.54) is 17.6 Å². The van der Waals surface area contributed by atoms with Crippen molar-refractivity contribution in [2.45, 2.75) is 27.2 Å². The van der Waals surface area contributed by atoms with Crippen molar-refractivity contribution in [1.82, 2.24) is 0 Å². The van der Waals surface area contributed by atoms with Gasteiger partial charge in [-0.2, -0.15) is 0 Å². The fourth-order valence-electron chi connectivity index (χ4n) is 2.11. The van der Waals surface area contributed by atoms with Gasteiger partial charge >= 0.3 is 0 Å². The molecule has 2 unspecified atom stereocenters. The average Bonchev–Trinajstić information content (AvgIpc) is 2.28. The molecule has 0 spiro atoms. The molecule has 1 aliphatic rings. The van der Waals surface area contributed by atoms with Gasteiger partial charge in [-0.05, 0) is 36.3 Å². The highest BCUT2D eigenvalue weighted by molar-refractivity contribution is 5.39. The molecule has 1 aliphatic carbocycles. The molecule has 0 radical (unpaired) electrons. The quantitative estimate of drug-likeness (QED) is 0.580. The maximum absolute atomic E-state index is 3.87. The van der Waals surface area contributed by atoms with Gasteiger partial charge in [-0.3, -0.25) is 0 Å². The zero-order valence-corrected chi connectivity index (χ0v) is 8.30. The molecular formula is C12H18. The normalized spacial score (nSPS) is 30.2. The minimum atomic E-state index is 0.698. The molecule has 0 aliphatic heterocycles. The van der Waals surface area contributed by atoms with Crippen LogP contribution in [0.4, 0.5) is 0 Å². The minimum absolute atomic E-state index is 0.698. The van der Waals surface area contributed by atoms with Crippen LogP contribution in [-0.2, 0) is 0 Å². The molecule has 0 N–H and O–H groups in total. The largest absolute Gasteiger partial charge is 0.0988 e. The highest BCUT2D eigenvalue weighted by Gasteiger charge is 2.23. The zero-order chi connectivity index (χ0) is 9.14. The Hall–Kier alpha value is -0.780. The fourth-order valence-corrected chi connectivity index (χ4v) is 2.11. The van der Waals surface area contributed by atoms with E-state index < -0.39 is 0 Å². The molecule has 0 fully saturated rings. The molecule has 2 atom stereocenters. The summed E-state index contributed by atoms with van der Waals surface area (Å²) in [5.41, 5.74) is 2.93. The standard InChI is InChI=1S/C12H18/c1-5-7-12-10(4)8-9(3)11(12)6-2/h5-7,9-10H,2,8H2,1,3-4H3/b7-5-. The summed E-state index contributed by atoms with van der Waals surface area (Å²) in [6, 6.07) is 0. The van der Waals surface area contributed by atoms with E-state index in [1.807, 2.05) is 6.08 Å². The van der Waals surface area contributed by atoms with Crippen LogP contribution in [0.2, 0.25) is 0 Å². The lowest BCUT2D eigenvalue weighted by atomic mass is 10.0. The predicted molar refractivity (Wildman–Crippen MR) is 55.0 cm³/mol. The molecule has 0 nitrogen and oxygen atoms in total. The lowest BCUT2D eigenvalue weighted by molar-refractivity contribution is 0.575. The fraction of sp³-hybridized carbons (Fsp3) is 0.500. The summed E-state index contributed by atoms with van der Waals surface area (Å²) in [6.45, 7) is 10.5. The van der Waals surface area contributed by atoms with Crippen molar-refractivity contribution in [3.05, 3.63) is 36.0 Å². The van der Waals surface area contributed by atoms with Gasteiger partial charge in [0.05, 0.1) is 0 Å². The monoisotopic (exact) mass is 162 g/mol. The maximum atomic E-state index is 3.87. The van der Waals surface area contributed by atoms with Crippen LogP contribution in [0.5, 0.6) is 0 Å². The zero-order valence-electron chi connectivity index (χ0n) is 8.30. The van der Waals surface area contributed by atoms with Gasteiger partial charge in [-0.1, -0.05) is 38.7 Å². The maximum Gasteiger partial charge on any atom is -0.0182 e. The van der Waals surface area contributed by atoms with Crippen LogP contribution in [0.3, 0.4) is 0 Å². The third kappa shape index (κ3) is 1.52. The molecular weight excluding hydrogens is 144 g/mol.